The minimum absolute atomic E-state index is 0.127. The molecule has 0 radical (unpaired) electrons. The second-order valence-corrected chi connectivity index (χ2v) is 4.39. The van der Waals surface area contributed by atoms with E-state index in [1.54, 1.807) is 6.07 Å². The van der Waals surface area contributed by atoms with Gasteiger partial charge in [0.2, 0.25) is 0 Å². The number of rotatable bonds is 4. The van der Waals surface area contributed by atoms with Crippen LogP contribution < -0.4 is 5.32 Å². The number of aliphatic hydroxyl groups excluding tert-OH is 1. The smallest absolute Gasteiger partial charge is 0.167 e. The van der Waals surface area contributed by atoms with Crippen LogP contribution in [0.15, 0.2) is 42.6 Å². The molecule has 1 atom stereocenters. The predicted octanol–water partition coefficient (Wildman–Crippen LogP) is 1.67. The van der Waals surface area contributed by atoms with Crippen LogP contribution in [0.4, 0.5) is 5.82 Å². The second-order valence-electron chi connectivity index (χ2n) is 4.39. The van der Waals surface area contributed by atoms with Crippen molar-refractivity contribution in [2.75, 3.05) is 11.9 Å². The molecule has 5 heteroatoms. The van der Waals surface area contributed by atoms with Gasteiger partial charge >= 0.3 is 0 Å². The number of hydrogen-bond donors (Lipinski definition) is 2. The van der Waals surface area contributed by atoms with Gasteiger partial charge in [0.1, 0.15) is 6.07 Å². The number of aliphatic hydroxyl groups is 1. The average molecular weight is 254 g/mol. The lowest BCUT2D eigenvalue weighted by Crippen LogP contribution is -2.36. The van der Waals surface area contributed by atoms with Gasteiger partial charge in [-0.3, -0.25) is 0 Å². The summed E-state index contributed by atoms with van der Waals surface area (Å²) in [7, 11) is 0. The molecule has 0 saturated heterocycles. The quantitative estimate of drug-likeness (QED) is 0.867. The number of aromatic nitrogens is 2. The van der Waals surface area contributed by atoms with E-state index in [0.717, 1.165) is 5.56 Å². The van der Waals surface area contributed by atoms with E-state index in [9.17, 15) is 5.11 Å². The number of anilines is 1. The Kier molecular flexibility index (Phi) is 3.74. The first-order valence-electron chi connectivity index (χ1n) is 5.86. The van der Waals surface area contributed by atoms with Gasteiger partial charge in [-0.05, 0) is 18.6 Å². The summed E-state index contributed by atoms with van der Waals surface area (Å²) in [4.78, 5) is 0. The number of hydrogen-bond acceptors (Lipinski definition) is 5. The second kappa shape index (κ2) is 5.46. The van der Waals surface area contributed by atoms with Crippen molar-refractivity contribution in [2.45, 2.75) is 12.5 Å². The molecule has 0 aliphatic rings. The fraction of sp³-hybridized carbons (Fsp3) is 0.214. The van der Waals surface area contributed by atoms with Crippen molar-refractivity contribution in [3.05, 3.63) is 53.7 Å². The van der Waals surface area contributed by atoms with Crippen LogP contribution in [-0.4, -0.2) is 21.9 Å². The molecule has 0 amide bonds. The van der Waals surface area contributed by atoms with Gasteiger partial charge in [-0.2, -0.15) is 10.4 Å². The topological polar surface area (TPSA) is 81.8 Å². The van der Waals surface area contributed by atoms with Crippen molar-refractivity contribution < 1.29 is 5.11 Å². The summed E-state index contributed by atoms with van der Waals surface area (Å²) in [5.74, 6) is 0.366. The standard InChI is InChI=1S/C14H14N4O/c1-14(10-19,12-5-3-2-4-6-12)17-13-11(9-15)7-8-16-18-13/h2-8,19H,10H2,1H3,(H,17,18). The highest BCUT2D eigenvalue weighted by molar-refractivity contribution is 5.53. The maximum absolute atomic E-state index is 9.67. The molecule has 1 aromatic carbocycles. The Morgan fingerprint density at radius 2 is 2.05 bits per heavy atom. The molecule has 0 fully saturated rings. The van der Waals surface area contributed by atoms with E-state index < -0.39 is 5.54 Å². The maximum Gasteiger partial charge on any atom is 0.167 e. The van der Waals surface area contributed by atoms with Crippen LogP contribution in [0.25, 0.3) is 0 Å². The number of benzene rings is 1. The van der Waals surface area contributed by atoms with Gasteiger partial charge in [0.25, 0.3) is 0 Å². The molecule has 19 heavy (non-hydrogen) atoms. The molecule has 0 bridgehead atoms. The first kappa shape index (κ1) is 13.0. The fourth-order valence-electron chi connectivity index (χ4n) is 1.78. The van der Waals surface area contributed by atoms with Crippen LogP contribution in [0, 0.1) is 11.3 Å². The van der Waals surface area contributed by atoms with Crippen LogP contribution in [-0.2, 0) is 5.54 Å². The summed E-state index contributed by atoms with van der Waals surface area (Å²) in [6.45, 7) is 1.72. The molecule has 1 unspecified atom stereocenters. The summed E-state index contributed by atoms with van der Waals surface area (Å²) < 4.78 is 0. The third-order valence-electron chi connectivity index (χ3n) is 2.96. The SMILES string of the molecule is CC(CO)(Nc1nnccc1C#N)c1ccccc1. The summed E-state index contributed by atoms with van der Waals surface area (Å²) in [5.41, 5.74) is 0.584. The van der Waals surface area contributed by atoms with Crippen molar-refractivity contribution in [3.63, 3.8) is 0 Å². The summed E-state index contributed by atoms with van der Waals surface area (Å²) in [6.07, 6.45) is 1.46. The van der Waals surface area contributed by atoms with Gasteiger partial charge in [-0.25, -0.2) is 0 Å². The Bertz CT molecular complexity index is 594. The predicted molar refractivity (Wildman–Crippen MR) is 71.2 cm³/mol. The van der Waals surface area contributed by atoms with E-state index >= 15 is 0 Å². The molecule has 2 aromatic rings. The minimum atomic E-state index is -0.719. The zero-order valence-electron chi connectivity index (χ0n) is 10.5. The molecule has 1 heterocycles. The number of nitrogens with one attached hydrogen (secondary N) is 1. The Hall–Kier alpha value is -2.45. The van der Waals surface area contributed by atoms with Crippen LogP contribution >= 0.6 is 0 Å². The van der Waals surface area contributed by atoms with Gasteiger partial charge in [0.05, 0.1) is 23.9 Å². The molecular formula is C14H14N4O. The Morgan fingerprint density at radius 1 is 1.32 bits per heavy atom. The highest BCUT2D eigenvalue weighted by Gasteiger charge is 2.27. The molecule has 2 rings (SSSR count). The summed E-state index contributed by atoms with van der Waals surface area (Å²) >= 11 is 0. The van der Waals surface area contributed by atoms with Crippen molar-refractivity contribution >= 4 is 5.82 Å². The first-order valence-corrected chi connectivity index (χ1v) is 5.86. The zero-order valence-corrected chi connectivity index (χ0v) is 10.5. The maximum atomic E-state index is 9.67. The summed E-state index contributed by atoms with van der Waals surface area (Å²) in [6, 6.07) is 13.1. The van der Waals surface area contributed by atoms with Gasteiger partial charge in [-0.15, -0.1) is 5.10 Å². The highest BCUT2D eigenvalue weighted by atomic mass is 16.3. The number of nitrogens with zero attached hydrogens (tertiary/aromatic N) is 3. The van der Waals surface area contributed by atoms with Crippen LogP contribution in [0.1, 0.15) is 18.1 Å². The molecule has 0 spiro atoms. The van der Waals surface area contributed by atoms with E-state index in [2.05, 4.69) is 15.5 Å². The molecule has 0 aliphatic carbocycles. The zero-order chi connectivity index (χ0) is 13.7. The van der Waals surface area contributed by atoms with Crippen LogP contribution in [0.3, 0.4) is 0 Å². The van der Waals surface area contributed by atoms with Crippen molar-refractivity contribution in [1.29, 1.82) is 5.26 Å². The first-order chi connectivity index (χ1) is 9.19. The van der Waals surface area contributed by atoms with Crippen molar-refractivity contribution in [1.82, 2.24) is 10.2 Å². The van der Waals surface area contributed by atoms with Gasteiger partial charge in [0.15, 0.2) is 5.82 Å². The molecule has 0 aliphatic heterocycles. The minimum Gasteiger partial charge on any atom is -0.394 e. The lowest BCUT2D eigenvalue weighted by atomic mass is 9.93. The Labute approximate surface area is 111 Å². The van der Waals surface area contributed by atoms with E-state index in [4.69, 9.17) is 5.26 Å². The van der Waals surface area contributed by atoms with Crippen molar-refractivity contribution in [3.8, 4) is 6.07 Å². The highest BCUT2D eigenvalue weighted by Crippen LogP contribution is 2.25. The third kappa shape index (κ3) is 2.69. The van der Waals surface area contributed by atoms with E-state index in [1.165, 1.54) is 6.20 Å². The van der Waals surface area contributed by atoms with Gasteiger partial charge in [0, 0.05) is 0 Å². The average Bonchev–Trinajstić information content (AvgIpc) is 2.48. The monoisotopic (exact) mass is 254 g/mol. The fourth-order valence-corrected chi connectivity index (χ4v) is 1.78. The largest absolute Gasteiger partial charge is 0.394 e. The molecule has 96 valence electrons. The lowest BCUT2D eigenvalue weighted by molar-refractivity contribution is 0.223. The number of nitriles is 1. The molecule has 0 saturated carbocycles. The van der Waals surface area contributed by atoms with Gasteiger partial charge in [-0.1, -0.05) is 30.3 Å². The summed E-state index contributed by atoms with van der Waals surface area (Å²) in [5, 5.41) is 29.5. The van der Waals surface area contributed by atoms with Crippen LogP contribution in [0.2, 0.25) is 0 Å². The Morgan fingerprint density at radius 3 is 2.68 bits per heavy atom. The van der Waals surface area contributed by atoms with E-state index in [0.29, 0.717) is 11.4 Å². The van der Waals surface area contributed by atoms with Crippen LogP contribution in [0.5, 0.6) is 0 Å². The van der Waals surface area contributed by atoms with E-state index in [1.807, 2.05) is 43.3 Å². The molecular weight excluding hydrogens is 240 g/mol. The molecule has 5 nitrogen and oxygen atoms in total. The normalized spacial score (nSPS) is 13.3. The molecule has 2 N–H and O–H groups in total. The van der Waals surface area contributed by atoms with Crippen molar-refractivity contribution in [2.24, 2.45) is 0 Å². The Balaban J connectivity index is 2.37. The molecule has 1 aromatic heterocycles. The van der Waals surface area contributed by atoms with Gasteiger partial charge < -0.3 is 10.4 Å². The lowest BCUT2D eigenvalue weighted by Gasteiger charge is -2.29. The third-order valence-corrected chi connectivity index (χ3v) is 2.96. The van der Waals surface area contributed by atoms with E-state index in [-0.39, 0.29) is 6.61 Å².